The lowest BCUT2D eigenvalue weighted by Crippen LogP contribution is -2.25. The monoisotopic (exact) mass is 624 g/mol. The Balaban J connectivity index is 1.32. The van der Waals surface area contributed by atoms with Gasteiger partial charge in [0, 0.05) is 27.0 Å². The van der Waals surface area contributed by atoms with Crippen molar-refractivity contribution in [2.75, 3.05) is 0 Å². The first kappa shape index (κ1) is 29.5. The van der Waals surface area contributed by atoms with E-state index < -0.39 is 0 Å². The van der Waals surface area contributed by atoms with Gasteiger partial charge in [-0.05, 0) is 79.9 Å². The Morgan fingerprint density at radius 1 is 0.479 bits per heavy atom. The summed E-state index contributed by atoms with van der Waals surface area (Å²) in [4.78, 5) is 0. The highest BCUT2D eigenvalue weighted by atomic mass is 16.3. The number of unbranched alkanes of at least 4 members (excludes halogenated alkanes) is 6. The van der Waals surface area contributed by atoms with E-state index >= 15 is 0 Å². The van der Waals surface area contributed by atoms with Crippen molar-refractivity contribution in [1.29, 1.82) is 0 Å². The highest BCUT2D eigenvalue weighted by molar-refractivity contribution is 6.38. The van der Waals surface area contributed by atoms with Crippen LogP contribution in [0.4, 0.5) is 0 Å². The fourth-order valence-electron chi connectivity index (χ4n) is 9.47. The summed E-state index contributed by atoms with van der Waals surface area (Å²) in [6.45, 7) is 4.65. The van der Waals surface area contributed by atoms with Gasteiger partial charge in [0.15, 0.2) is 0 Å². The summed E-state index contributed by atoms with van der Waals surface area (Å²) in [7, 11) is 0. The van der Waals surface area contributed by atoms with Crippen LogP contribution < -0.4 is 0 Å². The molecule has 0 unspecified atom stereocenters. The van der Waals surface area contributed by atoms with Crippen LogP contribution in [-0.4, -0.2) is 0 Å². The normalized spacial score (nSPS) is 13.8. The molecule has 1 nitrogen and oxygen atoms in total. The molecule has 0 saturated heterocycles. The van der Waals surface area contributed by atoms with Crippen LogP contribution in [0.3, 0.4) is 0 Å². The van der Waals surface area contributed by atoms with Crippen molar-refractivity contribution in [3.63, 3.8) is 0 Å². The predicted octanol–water partition coefficient (Wildman–Crippen LogP) is 14.4. The van der Waals surface area contributed by atoms with E-state index in [2.05, 4.69) is 123 Å². The van der Waals surface area contributed by atoms with Crippen LogP contribution in [0.2, 0.25) is 0 Å². The van der Waals surface area contributed by atoms with Gasteiger partial charge in [-0.2, -0.15) is 0 Å². The molecule has 0 spiro atoms. The van der Waals surface area contributed by atoms with E-state index in [1.54, 1.807) is 11.1 Å². The second-order valence-electron chi connectivity index (χ2n) is 14.3. The van der Waals surface area contributed by atoms with Gasteiger partial charge in [-0.15, -0.1) is 0 Å². The van der Waals surface area contributed by atoms with Crippen molar-refractivity contribution in [3.05, 3.63) is 120 Å². The highest BCUT2D eigenvalue weighted by Crippen LogP contribution is 2.57. The van der Waals surface area contributed by atoms with Gasteiger partial charge < -0.3 is 4.42 Å². The molecule has 0 saturated carbocycles. The first-order valence-corrected chi connectivity index (χ1v) is 18.5. The summed E-state index contributed by atoms with van der Waals surface area (Å²) in [6.07, 6.45) is 12.8. The molecule has 0 radical (unpaired) electrons. The molecular weight excluding hydrogens is 581 g/mol. The minimum atomic E-state index is 0.0724. The smallest absolute Gasteiger partial charge is 0.143 e. The average Bonchev–Trinajstić information content (AvgIpc) is 3.66. The molecule has 238 valence electrons. The third-order valence-electron chi connectivity index (χ3n) is 11.6. The van der Waals surface area contributed by atoms with E-state index in [0.717, 1.165) is 11.2 Å². The van der Waals surface area contributed by atoms with Gasteiger partial charge >= 0.3 is 0 Å². The van der Waals surface area contributed by atoms with E-state index in [9.17, 15) is 0 Å². The van der Waals surface area contributed by atoms with Crippen LogP contribution >= 0.6 is 0 Å². The minimum Gasteiger partial charge on any atom is -0.455 e. The van der Waals surface area contributed by atoms with Crippen LogP contribution in [0, 0.1) is 0 Å². The van der Waals surface area contributed by atoms with Gasteiger partial charge in [-0.1, -0.05) is 162 Å². The number of rotatable bonds is 11. The maximum Gasteiger partial charge on any atom is 0.143 e. The SMILES string of the molecule is CCCCCCC1(CCCCCC)c2ccccc2-c2c(-c3cc4cccc5c6c7ccccc7oc6c6cccc3c6c45)cccc21. The molecule has 0 amide bonds. The number of benzene rings is 7. The molecule has 48 heavy (non-hydrogen) atoms. The van der Waals surface area contributed by atoms with E-state index in [4.69, 9.17) is 4.42 Å². The third kappa shape index (κ3) is 4.29. The van der Waals surface area contributed by atoms with Gasteiger partial charge in [-0.25, -0.2) is 0 Å². The van der Waals surface area contributed by atoms with E-state index in [0.29, 0.717) is 0 Å². The fourth-order valence-corrected chi connectivity index (χ4v) is 9.47. The first-order valence-electron chi connectivity index (χ1n) is 18.5. The molecule has 0 bridgehead atoms. The highest BCUT2D eigenvalue weighted by Gasteiger charge is 2.43. The lowest BCUT2D eigenvalue weighted by atomic mass is 9.70. The number of hydrogen-bond donors (Lipinski definition) is 0. The van der Waals surface area contributed by atoms with Crippen molar-refractivity contribution in [2.24, 2.45) is 0 Å². The average molecular weight is 625 g/mol. The number of para-hydroxylation sites is 1. The Bertz CT molecular complexity index is 2430. The lowest BCUT2D eigenvalue weighted by Gasteiger charge is -2.33. The van der Waals surface area contributed by atoms with Crippen LogP contribution in [0.1, 0.15) is 89.2 Å². The molecule has 0 fully saturated rings. The van der Waals surface area contributed by atoms with Gasteiger partial charge in [0.05, 0.1) is 0 Å². The van der Waals surface area contributed by atoms with Crippen LogP contribution in [-0.2, 0) is 5.41 Å². The van der Waals surface area contributed by atoms with Crippen molar-refractivity contribution in [2.45, 2.75) is 83.5 Å². The molecule has 0 atom stereocenters. The molecule has 9 rings (SSSR count). The summed E-state index contributed by atoms with van der Waals surface area (Å²) in [5.41, 5.74) is 10.7. The number of fused-ring (bicyclic) bond motifs is 8. The second-order valence-corrected chi connectivity index (χ2v) is 14.3. The maximum absolute atomic E-state index is 6.67. The quantitative estimate of drug-likeness (QED) is 0.103. The summed E-state index contributed by atoms with van der Waals surface area (Å²) in [5, 5.41) is 10.2. The first-order chi connectivity index (χ1) is 23.7. The summed E-state index contributed by atoms with van der Waals surface area (Å²) >= 11 is 0. The molecular formula is C47H44O. The zero-order valence-corrected chi connectivity index (χ0v) is 28.4. The Morgan fingerprint density at radius 2 is 1.12 bits per heavy atom. The van der Waals surface area contributed by atoms with Crippen LogP contribution in [0.15, 0.2) is 114 Å². The zero-order chi connectivity index (χ0) is 32.2. The van der Waals surface area contributed by atoms with Gasteiger partial charge in [0.25, 0.3) is 0 Å². The summed E-state index contributed by atoms with van der Waals surface area (Å²) in [6, 6.07) is 41.3. The van der Waals surface area contributed by atoms with E-state index in [-0.39, 0.29) is 5.41 Å². The second kappa shape index (κ2) is 11.8. The standard InChI is InChI=1S/C47H44O/c1-3-5-7-13-28-47(29-14-8-6-4-2)39-25-11-9-19-34(39)43-32(22-17-26-40(43)47)38-30-31-18-15-23-36-42(31)44-33(38)21-16-24-37(44)46-45(36)35-20-10-12-27-41(35)48-46/h9-12,15-27,30H,3-8,13-14,28-29H2,1-2H3. The van der Waals surface area contributed by atoms with Gasteiger partial charge in [-0.3, -0.25) is 0 Å². The largest absolute Gasteiger partial charge is 0.455 e. The third-order valence-corrected chi connectivity index (χ3v) is 11.6. The van der Waals surface area contributed by atoms with Crippen molar-refractivity contribution in [1.82, 2.24) is 0 Å². The minimum absolute atomic E-state index is 0.0724. The fraction of sp³-hybridized carbons (Fsp3) is 0.277. The Hall–Kier alpha value is -4.62. The van der Waals surface area contributed by atoms with E-state index in [1.807, 2.05) is 0 Å². The molecule has 1 aromatic heterocycles. The lowest BCUT2D eigenvalue weighted by molar-refractivity contribution is 0.401. The molecule has 1 heterocycles. The van der Waals surface area contributed by atoms with Gasteiger partial charge in [0.2, 0.25) is 0 Å². The summed E-state index contributed by atoms with van der Waals surface area (Å²) < 4.78 is 6.67. The van der Waals surface area contributed by atoms with Crippen LogP contribution in [0.25, 0.3) is 76.5 Å². The van der Waals surface area contributed by atoms with E-state index in [1.165, 1.54) is 130 Å². The maximum atomic E-state index is 6.67. The number of hydrogen-bond acceptors (Lipinski definition) is 1. The molecule has 1 aliphatic carbocycles. The van der Waals surface area contributed by atoms with Crippen LogP contribution in [0.5, 0.6) is 0 Å². The number of furan rings is 1. The Labute approximate surface area is 283 Å². The molecule has 1 heteroatoms. The molecule has 0 N–H and O–H groups in total. The summed E-state index contributed by atoms with van der Waals surface area (Å²) in [5.74, 6) is 0. The topological polar surface area (TPSA) is 13.1 Å². The Kier molecular flexibility index (Phi) is 7.26. The zero-order valence-electron chi connectivity index (χ0n) is 28.4. The van der Waals surface area contributed by atoms with Crippen molar-refractivity contribution >= 4 is 54.3 Å². The van der Waals surface area contributed by atoms with Crippen molar-refractivity contribution < 1.29 is 4.42 Å². The predicted molar refractivity (Wildman–Crippen MR) is 207 cm³/mol. The van der Waals surface area contributed by atoms with Crippen molar-refractivity contribution in [3.8, 4) is 22.3 Å². The molecule has 7 aromatic carbocycles. The molecule has 1 aliphatic rings. The molecule has 0 aliphatic heterocycles. The Morgan fingerprint density at radius 3 is 1.96 bits per heavy atom. The molecule has 8 aromatic rings. The van der Waals surface area contributed by atoms with Gasteiger partial charge in [0.1, 0.15) is 11.2 Å².